The van der Waals surface area contributed by atoms with Crippen LogP contribution in [0.1, 0.15) is 16.7 Å². The van der Waals surface area contributed by atoms with Crippen LogP contribution < -0.4 is 19.5 Å². The Morgan fingerprint density at radius 2 is 1.74 bits per heavy atom. The summed E-state index contributed by atoms with van der Waals surface area (Å²) in [6.07, 6.45) is 0.863. The first kappa shape index (κ1) is 23.4. The second-order valence-electron chi connectivity index (χ2n) is 6.87. The minimum atomic E-state index is -0.380. The monoisotopic (exact) mass is 507 g/mol. The van der Waals surface area contributed by atoms with Crippen molar-refractivity contribution in [2.45, 2.75) is 19.6 Å². The molecular formula is C24H24BrClFNO3. The zero-order valence-electron chi connectivity index (χ0n) is 17.4. The molecule has 0 amide bonds. The summed E-state index contributed by atoms with van der Waals surface area (Å²) in [6, 6.07) is 16.2. The van der Waals surface area contributed by atoms with Crippen molar-refractivity contribution in [2.75, 3.05) is 20.8 Å². The van der Waals surface area contributed by atoms with Crippen molar-refractivity contribution in [3.63, 3.8) is 0 Å². The highest BCUT2D eigenvalue weighted by atomic mass is 79.9. The van der Waals surface area contributed by atoms with Crippen LogP contribution in [0.3, 0.4) is 0 Å². The summed E-state index contributed by atoms with van der Waals surface area (Å²) in [5, 5.41) is 3.77. The lowest BCUT2D eigenvalue weighted by Gasteiger charge is -2.15. The van der Waals surface area contributed by atoms with Gasteiger partial charge < -0.3 is 19.5 Å². The molecule has 0 aliphatic heterocycles. The summed E-state index contributed by atoms with van der Waals surface area (Å²) in [5.74, 6) is 1.70. The predicted molar refractivity (Wildman–Crippen MR) is 125 cm³/mol. The van der Waals surface area contributed by atoms with E-state index in [1.165, 1.54) is 17.7 Å². The quantitative estimate of drug-likeness (QED) is 0.333. The molecule has 0 radical (unpaired) electrons. The van der Waals surface area contributed by atoms with E-state index in [1.54, 1.807) is 20.3 Å². The van der Waals surface area contributed by atoms with Crippen molar-refractivity contribution in [2.24, 2.45) is 0 Å². The van der Waals surface area contributed by atoms with E-state index in [9.17, 15) is 4.39 Å². The summed E-state index contributed by atoms with van der Waals surface area (Å²) < 4.78 is 30.8. The number of hydrogen-bond donors (Lipinski definition) is 1. The van der Waals surface area contributed by atoms with Crippen LogP contribution in [0.25, 0.3) is 0 Å². The standard InChI is InChI=1S/C24H24BrClFNO3/c1-29-22-6-4-3-5-17(22)9-10-28-14-16-11-20(25)24(23(12-16)30-2)31-15-18-7-8-19(27)13-21(18)26/h3-8,11-13,28H,9-10,14-15H2,1-2H3. The lowest BCUT2D eigenvalue weighted by Crippen LogP contribution is -2.17. The van der Waals surface area contributed by atoms with E-state index in [0.29, 0.717) is 28.6 Å². The Morgan fingerprint density at radius 1 is 0.968 bits per heavy atom. The number of hydrogen-bond acceptors (Lipinski definition) is 4. The lowest BCUT2D eigenvalue weighted by molar-refractivity contribution is 0.282. The average Bonchev–Trinajstić information content (AvgIpc) is 2.77. The summed E-state index contributed by atoms with van der Waals surface area (Å²) in [4.78, 5) is 0. The molecule has 0 fully saturated rings. The highest BCUT2D eigenvalue weighted by Gasteiger charge is 2.13. The van der Waals surface area contributed by atoms with E-state index >= 15 is 0 Å². The number of benzene rings is 3. The summed E-state index contributed by atoms with van der Waals surface area (Å²) in [7, 11) is 3.28. The zero-order chi connectivity index (χ0) is 22.2. The third-order valence-electron chi connectivity index (χ3n) is 4.77. The SMILES string of the molecule is COc1ccccc1CCNCc1cc(Br)c(OCc2ccc(F)cc2Cl)c(OC)c1. The number of nitrogens with one attached hydrogen (secondary N) is 1. The van der Waals surface area contributed by atoms with E-state index in [2.05, 4.69) is 27.3 Å². The molecule has 31 heavy (non-hydrogen) atoms. The van der Waals surface area contributed by atoms with Crippen LogP contribution in [0.4, 0.5) is 4.39 Å². The summed E-state index contributed by atoms with van der Waals surface area (Å²) in [5.41, 5.74) is 2.91. The number of para-hydroxylation sites is 1. The second-order valence-corrected chi connectivity index (χ2v) is 8.13. The topological polar surface area (TPSA) is 39.7 Å². The third-order valence-corrected chi connectivity index (χ3v) is 5.71. The summed E-state index contributed by atoms with van der Waals surface area (Å²) in [6.45, 7) is 1.68. The van der Waals surface area contributed by atoms with Gasteiger partial charge in [0.1, 0.15) is 18.2 Å². The number of rotatable bonds is 10. The Bertz CT molecular complexity index is 1030. The highest BCUT2D eigenvalue weighted by molar-refractivity contribution is 9.10. The van der Waals surface area contributed by atoms with E-state index < -0.39 is 0 Å². The van der Waals surface area contributed by atoms with Gasteiger partial charge in [0.05, 0.1) is 23.7 Å². The Morgan fingerprint density at radius 3 is 2.48 bits per heavy atom. The van der Waals surface area contributed by atoms with Crippen LogP contribution in [0.15, 0.2) is 59.1 Å². The van der Waals surface area contributed by atoms with Gasteiger partial charge in [0.25, 0.3) is 0 Å². The molecule has 0 bridgehead atoms. The minimum Gasteiger partial charge on any atom is -0.496 e. The van der Waals surface area contributed by atoms with Gasteiger partial charge in [-0.25, -0.2) is 4.39 Å². The van der Waals surface area contributed by atoms with Crippen molar-refractivity contribution < 1.29 is 18.6 Å². The summed E-state index contributed by atoms with van der Waals surface area (Å²) >= 11 is 9.65. The van der Waals surface area contributed by atoms with E-state index in [4.69, 9.17) is 25.8 Å². The maximum absolute atomic E-state index is 13.2. The average molecular weight is 509 g/mol. The zero-order valence-corrected chi connectivity index (χ0v) is 19.7. The molecular weight excluding hydrogens is 485 g/mol. The lowest BCUT2D eigenvalue weighted by atomic mass is 10.1. The molecule has 0 atom stereocenters. The fraction of sp³-hybridized carbons (Fsp3) is 0.250. The normalized spacial score (nSPS) is 10.7. The van der Waals surface area contributed by atoms with Crippen LogP contribution in [0, 0.1) is 5.82 Å². The Labute approximate surface area is 195 Å². The van der Waals surface area contributed by atoms with Crippen LogP contribution in [-0.4, -0.2) is 20.8 Å². The van der Waals surface area contributed by atoms with Crippen molar-refractivity contribution in [3.8, 4) is 17.2 Å². The maximum Gasteiger partial charge on any atom is 0.175 e. The molecule has 3 aromatic rings. The molecule has 7 heteroatoms. The second kappa shape index (κ2) is 11.4. The van der Waals surface area contributed by atoms with Gasteiger partial charge in [-0.3, -0.25) is 0 Å². The molecule has 0 aliphatic carbocycles. The molecule has 164 valence electrons. The minimum absolute atomic E-state index is 0.199. The molecule has 0 aliphatic rings. The van der Waals surface area contributed by atoms with Crippen LogP contribution in [0.5, 0.6) is 17.2 Å². The van der Waals surface area contributed by atoms with E-state index in [-0.39, 0.29) is 12.4 Å². The van der Waals surface area contributed by atoms with Gasteiger partial charge in [0.15, 0.2) is 11.5 Å². The fourth-order valence-corrected chi connectivity index (χ4v) is 3.99. The van der Waals surface area contributed by atoms with Crippen molar-refractivity contribution >= 4 is 27.5 Å². The van der Waals surface area contributed by atoms with Gasteiger partial charge in [0.2, 0.25) is 0 Å². The first-order chi connectivity index (χ1) is 15.0. The van der Waals surface area contributed by atoms with Crippen molar-refractivity contribution in [3.05, 3.63) is 86.6 Å². The number of ether oxygens (including phenoxy) is 3. The van der Waals surface area contributed by atoms with Crippen LogP contribution in [0.2, 0.25) is 5.02 Å². The third kappa shape index (κ3) is 6.35. The Hall–Kier alpha value is -2.28. The molecule has 0 unspecified atom stereocenters. The van der Waals surface area contributed by atoms with E-state index in [1.807, 2.05) is 30.3 Å². The molecule has 0 heterocycles. The molecule has 0 spiro atoms. The molecule has 0 aromatic heterocycles. The molecule has 1 N–H and O–H groups in total. The first-order valence-corrected chi connectivity index (χ1v) is 10.9. The molecule has 0 saturated heterocycles. The van der Waals surface area contributed by atoms with Gasteiger partial charge in [-0.05, 0) is 70.4 Å². The van der Waals surface area contributed by atoms with Gasteiger partial charge >= 0.3 is 0 Å². The predicted octanol–water partition coefficient (Wildman–Crippen LogP) is 6.17. The van der Waals surface area contributed by atoms with Gasteiger partial charge in [-0.2, -0.15) is 0 Å². The Balaban J connectivity index is 1.60. The van der Waals surface area contributed by atoms with Gasteiger partial charge in [-0.1, -0.05) is 35.9 Å². The fourth-order valence-electron chi connectivity index (χ4n) is 3.17. The number of methoxy groups -OCH3 is 2. The number of halogens is 3. The van der Waals surface area contributed by atoms with Gasteiger partial charge in [-0.15, -0.1) is 0 Å². The molecule has 3 aromatic carbocycles. The molecule has 0 saturated carbocycles. The van der Waals surface area contributed by atoms with Crippen molar-refractivity contribution in [1.82, 2.24) is 5.32 Å². The van der Waals surface area contributed by atoms with Crippen LogP contribution in [-0.2, 0) is 19.6 Å². The van der Waals surface area contributed by atoms with E-state index in [0.717, 1.165) is 28.8 Å². The van der Waals surface area contributed by atoms with Crippen LogP contribution >= 0.6 is 27.5 Å². The Kier molecular flexibility index (Phi) is 8.58. The molecule has 4 nitrogen and oxygen atoms in total. The highest BCUT2D eigenvalue weighted by Crippen LogP contribution is 2.37. The van der Waals surface area contributed by atoms with Crippen molar-refractivity contribution in [1.29, 1.82) is 0 Å². The smallest absolute Gasteiger partial charge is 0.175 e. The first-order valence-electron chi connectivity index (χ1n) is 9.77. The molecule has 3 rings (SSSR count). The largest absolute Gasteiger partial charge is 0.496 e. The van der Waals surface area contributed by atoms with Gasteiger partial charge in [0, 0.05) is 12.1 Å². The maximum atomic E-state index is 13.2.